The number of carbonyl (C=O) groups excluding carboxylic acids is 3. The van der Waals surface area contributed by atoms with Crippen LogP contribution in [0.5, 0.6) is 5.75 Å². The quantitative estimate of drug-likeness (QED) is 0.431. The predicted octanol–water partition coefficient (Wildman–Crippen LogP) is 5.73. The Balaban J connectivity index is 1.41. The number of likely N-dealkylation sites (tertiary alicyclic amines) is 1. The van der Waals surface area contributed by atoms with Gasteiger partial charge in [-0.3, -0.25) is 19.3 Å². The van der Waals surface area contributed by atoms with Gasteiger partial charge >= 0.3 is 0 Å². The summed E-state index contributed by atoms with van der Waals surface area (Å²) in [5.41, 5.74) is 1.61. The van der Waals surface area contributed by atoms with Crippen LogP contribution in [0.1, 0.15) is 30.4 Å². The zero-order chi connectivity index (χ0) is 23.4. The molecule has 4 rings (SSSR count). The Bertz CT molecular complexity index is 1120. The Kier molecular flexibility index (Phi) is 7.78. The van der Waals surface area contributed by atoms with Crippen LogP contribution in [0.25, 0.3) is 6.08 Å². The summed E-state index contributed by atoms with van der Waals surface area (Å²) in [6.45, 7) is 1.48. The number of thioether (sulfide) groups is 1. The number of rotatable bonds is 6. The van der Waals surface area contributed by atoms with Crippen molar-refractivity contribution in [3.8, 4) is 5.75 Å². The minimum absolute atomic E-state index is 0.180. The van der Waals surface area contributed by atoms with Crippen LogP contribution in [-0.4, -0.2) is 46.5 Å². The van der Waals surface area contributed by atoms with E-state index in [4.69, 9.17) is 16.3 Å². The van der Waals surface area contributed by atoms with Crippen molar-refractivity contribution in [2.24, 2.45) is 0 Å². The molecule has 0 spiro atoms. The molecule has 2 heterocycles. The molecule has 2 saturated heterocycles. The number of hydrogen-bond donors (Lipinski definition) is 0. The first-order valence-electron chi connectivity index (χ1n) is 10.6. The van der Waals surface area contributed by atoms with Gasteiger partial charge in [-0.15, -0.1) is 0 Å². The first-order chi connectivity index (χ1) is 15.9. The van der Waals surface area contributed by atoms with Crippen LogP contribution in [-0.2, 0) is 16.2 Å². The van der Waals surface area contributed by atoms with Crippen LogP contribution in [0.15, 0.2) is 51.8 Å². The topological polar surface area (TPSA) is 66.9 Å². The molecule has 2 aromatic carbocycles. The van der Waals surface area contributed by atoms with Crippen molar-refractivity contribution in [1.82, 2.24) is 9.80 Å². The first kappa shape index (κ1) is 23.9. The fourth-order valence-electron chi connectivity index (χ4n) is 3.66. The Hall–Kier alpha value is -2.29. The van der Waals surface area contributed by atoms with Gasteiger partial charge in [0.15, 0.2) is 0 Å². The lowest BCUT2D eigenvalue weighted by Gasteiger charge is -2.27. The predicted molar refractivity (Wildman–Crippen MR) is 133 cm³/mol. The zero-order valence-corrected chi connectivity index (χ0v) is 20.9. The van der Waals surface area contributed by atoms with E-state index in [1.54, 1.807) is 23.1 Å². The molecule has 2 fully saturated rings. The zero-order valence-electron chi connectivity index (χ0n) is 17.8. The monoisotopic (exact) mass is 548 g/mol. The molecule has 0 atom stereocenters. The lowest BCUT2D eigenvalue weighted by molar-refractivity contribution is -0.136. The minimum atomic E-state index is -0.439. The smallest absolute Gasteiger partial charge is 0.294 e. The second-order valence-electron chi connectivity index (χ2n) is 7.78. The number of carbonyl (C=O) groups is 3. The molecule has 0 N–H and O–H groups in total. The lowest BCUT2D eigenvalue weighted by Crippen LogP contribution is -2.44. The third-order valence-corrected chi connectivity index (χ3v) is 7.37. The van der Waals surface area contributed by atoms with E-state index in [9.17, 15) is 14.4 Å². The Morgan fingerprint density at radius 1 is 1.12 bits per heavy atom. The van der Waals surface area contributed by atoms with Gasteiger partial charge in [-0.25, -0.2) is 0 Å². The highest BCUT2D eigenvalue weighted by Crippen LogP contribution is 2.34. The highest BCUT2D eigenvalue weighted by molar-refractivity contribution is 9.10. The first-order valence-corrected chi connectivity index (χ1v) is 12.6. The molecule has 2 aliphatic rings. The molecule has 2 aliphatic heterocycles. The van der Waals surface area contributed by atoms with Crippen molar-refractivity contribution in [2.75, 3.05) is 19.6 Å². The van der Waals surface area contributed by atoms with Crippen molar-refractivity contribution in [3.63, 3.8) is 0 Å². The number of benzene rings is 2. The number of ether oxygens (including phenoxy) is 1. The minimum Gasteiger partial charge on any atom is -0.488 e. The third kappa shape index (κ3) is 5.80. The molecule has 172 valence electrons. The molecule has 0 unspecified atom stereocenters. The number of piperidine rings is 1. The van der Waals surface area contributed by atoms with Crippen LogP contribution in [0.4, 0.5) is 4.79 Å². The number of hydrogen-bond acceptors (Lipinski definition) is 5. The number of imide groups is 1. The van der Waals surface area contributed by atoms with Gasteiger partial charge in [0.05, 0.1) is 9.38 Å². The van der Waals surface area contributed by atoms with Gasteiger partial charge in [0.2, 0.25) is 5.91 Å². The molecule has 0 aromatic heterocycles. The van der Waals surface area contributed by atoms with E-state index >= 15 is 0 Å². The van der Waals surface area contributed by atoms with E-state index in [-0.39, 0.29) is 12.5 Å². The summed E-state index contributed by atoms with van der Waals surface area (Å²) in [5.74, 6) is 0.0128. The van der Waals surface area contributed by atoms with E-state index in [2.05, 4.69) is 15.9 Å². The van der Waals surface area contributed by atoms with Crippen molar-refractivity contribution in [1.29, 1.82) is 0 Å². The molecule has 0 bridgehead atoms. The summed E-state index contributed by atoms with van der Waals surface area (Å²) in [4.78, 5) is 40.7. The van der Waals surface area contributed by atoms with Gasteiger partial charge in [-0.1, -0.05) is 35.9 Å². The standard InChI is InChI=1S/C24H22BrClN2O4S/c25-18-12-16(8-9-20(18)32-15-17-6-2-3-7-19(17)26)13-21-23(30)28(24(31)33-21)14-22(29)27-10-4-1-5-11-27/h2-3,6-9,12-13H,1,4-5,10-11,14-15H2/b21-13-. The van der Waals surface area contributed by atoms with E-state index < -0.39 is 11.1 Å². The molecule has 2 aromatic rings. The van der Waals surface area contributed by atoms with Gasteiger partial charge in [0, 0.05) is 23.7 Å². The molecular weight excluding hydrogens is 528 g/mol. The molecular formula is C24H22BrClN2O4S. The highest BCUT2D eigenvalue weighted by Gasteiger charge is 2.37. The number of amides is 3. The summed E-state index contributed by atoms with van der Waals surface area (Å²) in [5, 5.41) is 0.218. The second kappa shape index (κ2) is 10.8. The van der Waals surface area contributed by atoms with E-state index in [0.29, 0.717) is 39.8 Å². The Labute approximate surface area is 210 Å². The molecule has 0 radical (unpaired) electrons. The van der Waals surface area contributed by atoms with Gasteiger partial charge < -0.3 is 9.64 Å². The number of halogens is 2. The molecule has 3 amide bonds. The maximum absolute atomic E-state index is 12.8. The largest absolute Gasteiger partial charge is 0.488 e. The van der Waals surface area contributed by atoms with Crippen LogP contribution < -0.4 is 4.74 Å². The fraction of sp³-hybridized carbons (Fsp3) is 0.292. The third-order valence-electron chi connectivity index (χ3n) is 5.47. The second-order valence-corrected chi connectivity index (χ2v) is 10.0. The Morgan fingerprint density at radius 2 is 1.88 bits per heavy atom. The molecule has 6 nitrogen and oxygen atoms in total. The average molecular weight is 550 g/mol. The van der Waals surface area contributed by atoms with Gasteiger partial charge in [0.1, 0.15) is 18.9 Å². The van der Waals surface area contributed by atoms with E-state index in [0.717, 1.165) is 47.1 Å². The van der Waals surface area contributed by atoms with E-state index in [1.165, 1.54) is 0 Å². The van der Waals surface area contributed by atoms with Crippen LogP contribution in [0.3, 0.4) is 0 Å². The summed E-state index contributed by atoms with van der Waals surface area (Å²) < 4.78 is 6.57. The van der Waals surface area contributed by atoms with Gasteiger partial charge in [-0.2, -0.15) is 0 Å². The summed E-state index contributed by atoms with van der Waals surface area (Å²) in [6, 6.07) is 12.9. The van der Waals surface area contributed by atoms with Crippen LogP contribution in [0, 0.1) is 0 Å². The SMILES string of the molecule is O=C(CN1C(=O)S/C(=C\c2ccc(OCc3ccccc3Cl)c(Br)c2)C1=O)N1CCCCC1. The molecule has 9 heteroatoms. The van der Waals surface area contributed by atoms with Gasteiger partial charge in [0.25, 0.3) is 11.1 Å². The van der Waals surface area contributed by atoms with Crippen molar-refractivity contribution >= 4 is 62.4 Å². The Morgan fingerprint density at radius 3 is 2.61 bits per heavy atom. The van der Waals surface area contributed by atoms with Gasteiger partial charge in [-0.05, 0) is 76.8 Å². The molecule has 0 saturated carbocycles. The van der Waals surface area contributed by atoms with Crippen molar-refractivity contribution < 1.29 is 19.1 Å². The number of nitrogens with zero attached hydrogens (tertiary/aromatic N) is 2. The van der Waals surface area contributed by atoms with Crippen molar-refractivity contribution in [2.45, 2.75) is 25.9 Å². The van der Waals surface area contributed by atoms with Crippen LogP contribution >= 0.6 is 39.3 Å². The summed E-state index contributed by atoms with van der Waals surface area (Å²) in [6.07, 6.45) is 4.67. The molecule has 33 heavy (non-hydrogen) atoms. The van der Waals surface area contributed by atoms with E-state index in [1.807, 2.05) is 30.3 Å². The fourth-order valence-corrected chi connectivity index (χ4v) is 5.20. The summed E-state index contributed by atoms with van der Waals surface area (Å²) >= 11 is 10.5. The normalized spacial score (nSPS) is 17.7. The average Bonchev–Trinajstić information content (AvgIpc) is 3.07. The maximum Gasteiger partial charge on any atom is 0.294 e. The summed E-state index contributed by atoms with van der Waals surface area (Å²) in [7, 11) is 0. The lowest BCUT2D eigenvalue weighted by atomic mass is 10.1. The van der Waals surface area contributed by atoms with Crippen LogP contribution in [0.2, 0.25) is 5.02 Å². The highest BCUT2D eigenvalue weighted by atomic mass is 79.9. The van der Waals surface area contributed by atoms with Crippen molar-refractivity contribution in [3.05, 3.63) is 68.0 Å². The maximum atomic E-state index is 12.8. The molecule has 0 aliphatic carbocycles.